The molecule has 0 aromatic heterocycles. The minimum absolute atomic E-state index is 0.00745. The fourth-order valence-corrected chi connectivity index (χ4v) is 6.22. The van der Waals surface area contributed by atoms with Gasteiger partial charge in [-0.25, -0.2) is 13.2 Å². The first-order chi connectivity index (χ1) is 12.7. The summed E-state index contributed by atoms with van der Waals surface area (Å²) in [6.45, 7) is 4.32. The first-order valence-corrected chi connectivity index (χ1v) is 11.1. The van der Waals surface area contributed by atoms with Crippen LogP contribution in [0.15, 0.2) is 42.5 Å². The third-order valence-electron chi connectivity index (χ3n) is 5.23. The van der Waals surface area contributed by atoms with E-state index in [2.05, 4.69) is 0 Å². The third-order valence-corrected chi connectivity index (χ3v) is 7.18. The van der Waals surface area contributed by atoms with Crippen molar-refractivity contribution in [1.82, 2.24) is 4.90 Å². The Hall–Kier alpha value is -2.05. The lowest BCUT2D eigenvalue weighted by Crippen LogP contribution is -2.37. The number of carbonyl (C=O) groups excluding carboxylic acids is 1. The van der Waals surface area contributed by atoms with Crippen LogP contribution in [0.25, 0.3) is 0 Å². The van der Waals surface area contributed by atoms with Crippen molar-refractivity contribution in [2.45, 2.75) is 32.5 Å². The molecule has 0 bridgehead atoms. The van der Waals surface area contributed by atoms with Gasteiger partial charge in [0.25, 0.3) is 0 Å². The molecule has 0 spiro atoms. The first-order valence-electron chi connectivity index (χ1n) is 8.86. The number of hydrogen-bond acceptors (Lipinski definition) is 3. The number of anilines is 1. The summed E-state index contributed by atoms with van der Waals surface area (Å²) in [5, 5.41) is 0.629. The Kier molecular flexibility index (Phi) is 4.43. The zero-order valence-corrected chi connectivity index (χ0v) is 16.8. The van der Waals surface area contributed by atoms with Gasteiger partial charge in [0, 0.05) is 17.3 Å². The smallest absolute Gasteiger partial charge is 0.314 e. The highest BCUT2D eigenvalue weighted by Gasteiger charge is 2.53. The molecule has 2 aliphatic heterocycles. The Labute approximate surface area is 164 Å². The van der Waals surface area contributed by atoms with E-state index in [1.807, 2.05) is 44.2 Å². The average molecular weight is 405 g/mol. The van der Waals surface area contributed by atoms with Gasteiger partial charge in [0.1, 0.15) is 0 Å². The van der Waals surface area contributed by atoms with Crippen LogP contribution < -0.4 is 4.90 Å². The van der Waals surface area contributed by atoms with Crippen LogP contribution in [0.1, 0.15) is 16.7 Å². The molecule has 5 nitrogen and oxygen atoms in total. The molecule has 2 amide bonds. The highest BCUT2D eigenvalue weighted by molar-refractivity contribution is 7.91. The van der Waals surface area contributed by atoms with Crippen molar-refractivity contribution < 1.29 is 13.2 Å². The van der Waals surface area contributed by atoms with Gasteiger partial charge < -0.3 is 4.90 Å². The summed E-state index contributed by atoms with van der Waals surface area (Å²) in [4.78, 5) is 16.6. The molecule has 27 heavy (non-hydrogen) atoms. The van der Waals surface area contributed by atoms with Crippen molar-refractivity contribution >= 4 is 33.2 Å². The Morgan fingerprint density at radius 1 is 1.00 bits per heavy atom. The van der Waals surface area contributed by atoms with Gasteiger partial charge in [-0.1, -0.05) is 29.8 Å². The molecule has 0 saturated carbocycles. The van der Waals surface area contributed by atoms with Gasteiger partial charge in [0.15, 0.2) is 9.84 Å². The fourth-order valence-electron chi connectivity index (χ4n) is 4.14. The van der Waals surface area contributed by atoms with Gasteiger partial charge in [-0.05, 0) is 54.8 Å². The highest BCUT2D eigenvalue weighted by Crippen LogP contribution is 2.36. The topological polar surface area (TPSA) is 57.7 Å². The molecule has 7 heteroatoms. The number of carbonyl (C=O) groups is 1. The van der Waals surface area contributed by atoms with Crippen molar-refractivity contribution in [3.05, 3.63) is 64.2 Å². The van der Waals surface area contributed by atoms with E-state index in [1.165, 1.54) is 0 Å². The number of aryl methyl sites for hydroxylation is 2. The molecule has 2 atom stereocenters. The normalized spacial score (nSPS) is 23.7. The SMILES string of the molecule is Cc1cc(C)cc(N2C(=O)N(Cc3ccc(Cl)cc3)[C@H]3CS(=O)(=O)C[C@@H]32)c1. The van der Waals surface area contributed by atoms with Crippen molar-refractivity contribution in [2.75, 3.05) is 16.4 Å². The number of urea groups is 1. The summed E-state index contributed by atoms with van der Waals surface area (Å²) < 4.78 is 24.6. The summed E-state index contributed by atoms with van der Waals surface area (Å²) in [7, 11) is -3.18. The lowest BCUT2D eigenvalue weighted by Gasteiger charge is -2.23. The number of sulfone groups is 1. The zero-order chi connectivity index (χ0) is 19.3. The standard InChI is InChI=1S/C20H21ClN2O3S/c1-13-7-14(2)9-17(8-13)23-19-12-27(25,26)11-18(19)22(20(23)24)10-15-3-5-16(21)6-4-15/h3-9,18-19H,10-12H2,1-2H3/t18-,19-/m0/s1. The maximum absolute atomic E-state index is 13.3. The molecule has 142 valence electrons. The van der Waals surface area contributed by atoms with E-state index in [0.29, 0.717) is 11.6 Å². The Bertz CT molecular complexity index is 984. The van der Waals surface area contributed by atoms with Crippen LogP contribution in [0.5, 0.6) is 0 Å². The van der Waals surface area contributed by atoms with Crippen LogP contribution in [0, 0.1) is 13.8 Å². The minimum atomic E-state index is -3.18. The third kappa shape index (κ3) is 3.44. The van der Waals surface area contributed by atoms with Crippen molar-refractivity contribution in [1.29, 1.82) is 0 Å². The molecule has 2 saturated heterocycles. The number of hydrogen-bond donors (Lipinski definition) is 0. The van der Waals surface area contributed by atoms with E-state index in [0.717, 1.165) is 22.4 Å². The number of amides is 2. The van der Waals surface area contributed by atoms with Crippen LogP contribution in [0.2, 0.25) is 5.02 Å². The molecular formula is C20H21ClN2O3S. The van der Waals surface area contributed by atoms with Gasteiger partial charge in [0.2, 0.25) is 0 Å². The van der Waals surface area contributed by atoms with Crippen molar-refractivity contribution in [2.24, 2.45) is 0 Å². The van der Waals surface area contributed by atoms with E-state index in [4.69, 9.17) is 11.6 Å². The van der Waals surface area contributed by atoms with Gasteiger partial charge in [-0.2, -0.15) is 0 Å². The molecule has 0 N–H and O–H groups in total. The monoisotopic (exact) mass is 404 g/mol. The van der Waals surface area contributed by atoms with Gasteiger partial charge in [-0.15, -0.1) is 0 Å². The molecule has 2 aromatic carbocycles. The van der Waals surface area contributed by atoms with Crippen molar-refractivity contribution in [3.8, 4) is 0 Å². The summed E-state index contributed by atoms with van der Waals surface area (Å²) in [5.74, 6) is 0.0197. The van der Waals surface area contributed by atoms with Crippen LogP contribution in [-0.4, -0.2) is 42.9 Å². The van der Waals surface area contributed by atoms with Gasteiger partial charge >= 0.3 is 6.03 Å². The molecule has 2 heterocycles. The molecule has 2 aliphatic rings. The maximum Gasteiger partial charge on any atom is 0.325 e. The summed E-state index contributed by atoms with van der Waals surface area (Å²) >= 11 is 5.95. The molecular weight excluding hydrogens is 384 g/mol. The van der Waals surface area contributed by atoms with E-state index >= 15 is 0 Å². The zero-order valence-electron chi connectivity index (χ0n) is 15.2. The van der Waals surface area contributed by atoms with E-state index in [9.17, 15) is 13.2 Å². The lowest BCUT2D eigenvalue weighted by molar-refractivity contribution is 0.206. The molecule has 2 aromatic rings. The largest absolute Gasteiger partial charge is 0.325 e. The summed E-state index contributed by atoms with van der Waals surface area (Å²) in [6, 6.07) is 12.4. The second kappa shape index (κ2) is 6.53. The second-order valence-corrected chi connectivity index (χ2v) is 10.1. The number of fused-ring (bicyclic) bond motifs is 1. The molecule has 0 radical (unpaired) electrons. The molecule has 4 rings (SSSR count). The van der Waals surface area contributed by atoms with Crippen LogP contribution >= 0.6 is 11.6 Å². The average Bonchev–Trinajstić information content (AvgIpc) is 2.99. The van der Waals surface area contributed by atoms with E-state index in [1.54, 1.807) is 21.9 Å². The Morgan fingerprint density at radius 3 is 2.22 bits per heavy atom. The van der Waals surface area contributed by atoms with Crippen LogP contribution in [0.4, 0.5) is 10.5 Å². The summed E-state index contributed by atoms with van der Waals surface area (Å²) in [5.41, 5.74) is 3.79. The number of nitrogens with zero attached hydrogens (tertiary/aromatic N) is 2. The van der Waals surface area contributed by atoms with E-state index < -0.39 is 9.84 Å². The summed E-state index contributed by atoms with van der Waals surface area (Å²) in [6.07, 6.45) is 0. The van der Waals surface area contributed by atoms with Crippen LogP contribution in [0.3, 0.4) is 0 Å². The highest BCUT2D eigenvalue weighted by atomic mass is 35.5. The maximum atomic E-state index is 13.3. The first kappa shape index (κ1) is 18.3. The van der Waals surface area contributed by atoms with E-state index in [-0.39, 0.29) is 29.6 Å². The predicted molar refractivity (Wildman–Crippen MR) is 107 cm³/mol. The molecule has 0 aliphatic carbocycles. The van der Waals surface area contributed by atoms with Gasteiger partial charge in [0.05, 0.1) is 23.6 Å². The lowest BCUT2D eigenvalue weighted by atomic mass is 10.1. The van der Waals surface area contributed by atoms with Crippen LogP contribution in [-0.2, 0) is 16.4 Å². The number of benzene rings is 2. The Balaban J connectivity index is 1.72. The molecule has 0 unspecified atom stereocenters. The predicted octanol–water partition coefficient (Wildman–Crippen LogP) is 3.56. The van der Waals surface area contributed by atoms with Crippen molar-refractivity contribution in [3.63, 3.8) is 0 Å². The fraction of sp³-hybridized carbons (Fsp3) is 0.350. The van der Waals surface area contributed by atoms with Gasteiger partial charge in [-0.3, -0.25) is 4.90 Å². The number of rotatable bonds is 3. The second-order valence-electron chi connectivity index (χ2n) is 7.46. The number of halogens is 1. The Morgan fingerprint density at radius 2 is 1.59 bits per heavy atom. The molecule has 2 fully saturated rings. The quantitative estimate of drug-likeness (QED) is 0.735. The minimum Gasteiger partial charge on any atom is -0.314 e.